The van der Waals surface area contributed by atoms with E-state index in [1.54, 1.807) is 0 Å². The first-order chi connectivity index (χ1) is 4.41. The molecule has 0 aliphatic rings. The van der Waals surface area contributed by atoms with Crippen LogP contribution in [-0.2, 0) is 0 Å². The van der Waals surface area contributed by atoms with Crippen molar-refractivity contribution < 1.29 is 0 Å². The van der Waals surface area contributed by atoms with Gasteiger partial charge in [-0.1, -0.05) is 0 Å². The molecule has 0 aliphatic heterocycles. The van der Waals surface area contributed by atoms with E-state index in [-0.39, 0.29) is 0 Å². The van der Waals surface area contributed by atoms with E-state index in [1.807, 2.05) is 13.8 Å². The highest BCUT2D eigenvalue weighted by Crippen LogP contribution is 1.80. The zero-order chi connectivity index (χ0) is 6.95. The standard InChI is InChI=1S/C8H10B/c1-3-5-7-9-8-6-4-2/h7-8H2,1-2H3. The summed E-state index contributed by atoms with van der Waals surface area (Å²) in [4.78, 5) is 0. The smallest absolute Gasteiger partial charge is 0.112 e. The van der Waals surface area contributed by atoms with Crippen LogP contribution >= 0.6 is 0 Å². The Morgan fingerprint density at radius 2 is 1.44 bits per heavy atom. The van der Waals surface area contributed by atoms with E-state index in [0.29, 0.717) is 0 Å². The third-order valence-electron chi connectivity index (χ3n) is 0.846. The fraction of sp³-hybridized carbons (Fsp3) is 0.500. The molecule has 45 valence electrons. The van der Waals surface area contributed by atoms with Gasteiger partial charge in [-0.15, -0.1) is 23.7 Å². The van der Waals surface area contributed by atoms with Gasteiger partial charge in [0.15, 0.2) is 0 Å². The monoisotopic (exact) mass is 117 g/mol. The van der Waals surface area contributed by atoms with Crippen LogP contribution in [0.2, 0.25) is 12.6 Å². The fourth-order valence-corrected chi connectivity index (χ4v) is 0.421. The van der Waals surface area contributed by atoms with Crippen molar-refractivity contribution in [2.45, 2.75) is 26.5 Å². The lowest BCUT2D eigenvalue weighted by atomic mass is 9.72. The van der Waals surface area contributed by atoms with Gasteiger partial charge in [0.25, 0.3) is 0 Å². The van der Waals surface area contributed by atoms with Crippen LogP contribution in [0.15, 0.2) is 0 Å². The third-order valence-corrected chi connectivity index (χ3v) is 0.846. The van der Waals surface area contributed by atoms with E-state index in [9.17, 15) is 0 Å². The zero-order valence-corrected chi connectivity index (χ0v) is 5.99. The zero-order valence-electron chi connectivity index (χ0n) is 5.99. The largest absolute Gasteiger partial charge is 0.141 e. The van der Waals surface area contributed by atoms with E-state index in [1.165, 1.54) is 0 Å². The Morgan fingerprint density at radius 3 is 1.78 bits per heavy atom. The average molecular weight is 117 g/mol. The van der Waals surface area contributed by atoms with E-state index in [2.05, 4.69) is 31.0 Å². The lowest BCUT2D eigenvalue weighted by Crippen LogP contribution is -1.82. The van der Waals surface area contributed by atoms with Gasteiger partial charge < -0.3 is 0 Å². The predicted molar refractivity (Wildman–Crippen MR) is 42.3 cm³/mol. The highest BCUT2D eigenvalue weighted by molar-refractivity contribution is 6.37. The second-order valence-electron chi connectivity index (χ2n) is 1.55. The van der Waals surface area contributed by atoms with Crippen molar-refractivity contribution in [3.05, 3.63) is 0 Å². The average Bonchev–Trinajstić information content (AvgIpc) is 1.89. The van der Waals surface area contributed by atoms with Crippen molar-refractivity contribution in [1.82, 2.24) is 0 Å². The normalized spacial score (nSPS) is 6.00. The van der Waals surface area contributed by atoms with Crippen LogP contribution in [0.3, 0.4) is 0 Å². The van der Waals surface area contributed by atoms with Gasteiger partial charge in [0.2, 0.25) is 0 Å². The SMILES string of the molecule is CC#CC[B]CC#CC. The molecule has 0 N–H and O–H groups in total. The second-order valence-corrected chi connectivity index (χ2v) is 1.55. The molecule has 0 aromatic heterocycles. The molecule has 9 heavy (non-hydrogen) atoms. The van der Waals surface area contributed by atoms with E-state index < -0.39 is 0 Å². The predicted octanol–water partition coefficient (Wildman–Crippen LogP) is 1.57. The molecule has 0 nitrogen and oxygen atoms in total. The second kappa shape index (κ2) is 7.18. The summed E-state index contributed by atoms with van der Waals surface area (Å²) < 4.78 is 0. The minimum absolute atomic E-state index is 0.866. The molecular weight excluding hydrogens is 107 g/mol. The molecule has 0 unspecified atom stereocenters. The summed E-state index contributed by atoms with van der Waals surface area (Å²) in [6.07, 6.45) is 1.73. The fourth-order valence-electron chi connectivity index (χ4n) is 0.421. The van der Waals surface area contributed by atoms with Gasteiger partial charge in [0.05, 0.1) is 0 Å². The molecule has 0 spiro atoms. The van der Waals surface area contributed by atoms with Crippen molar-refractivity contribution in [3.63, 3.8) is 0 Å². The van der Waals surface area contributed by atoms with Gasteiger partial charge in [0, 0.05) is 0 Å². The molecular formula is C8H10B. The summed E-state index contributed by atoms with van der Waals surface area (Å²) in [5, 5.41) is 0. The van der Waals surface area contributed by atoms with Crippen LogP contribution in [0.5, 0.6) is 0 Å². The van der Waals surface area contributed by atoms with E-state index >= 15 is 0 Å². The molecule has 0 amide bonds. The van der Waals surface area contributed by atoms with Gasteiger partial charge in [-0.2, -0.15) is 0 Å². The van der Waals surface area contributed by atoms with Gasteiger partial charge in [0.1, 0.15) is 7.28 Å². The topological polar surface area (TPSA) is 0 Å². The van der Waals surface area contributed by atoms with Crippen LogP contribution in [0.25, 0.3) is 0 Å². The maximum Gasteiger partial charge on any atom is 0.141 e. The Balaban J connectivity index is 3.04. The number of rotatable bonds is 2. The summed E-state index contributed by atoms with van der Waals surface area (Å²) in [7, 11) is 2.08. The van der Waals surface area contributed by atoms with Gasteiger partial charge in [-0.3, -0.25) is 0 Å². The van der Waals surface area contributed by atoms with Crippen molar-refractivity contribution in [3.8, 4) is 23.7 Å². The molecule has 0 saturated heterocycles. The quantitative estimate of drug-likeness (QED) is 0.292. The Labute approximate surface area is 58.3 Å². The van der Waals surface area contributed by atoms with Crippen molar-refractivity contribution in [2.24, 2.45) is 0 Å². The Kier molecular flexibility index (Phi) is 6.53. The van der Waals surface area contributed by atoms with Crippen molar-refractivity contribution in [2.75, 3.05) is 0 Å². The lowest BCUT2D eigenvalue weighted by molar-refractivity contribution is 1.67. The van der Waals surface area contributed by atoms with Crippen LogP contribution < -0.4 is 0 Å². The molecule has 1 heteroatoms. The molecule has 1 radical (unpaired) electrons. The maximum absolute atomic E-state index is 2.93. The third kappa shape index (κ3) is 7.18. The lowest BCUT2D eigenvalue weighted by Gasteiger charge is -1.78. The first kappa shape index (κ1) is 8.18. The summed E-state index contributed by atoms with van der Waals surface area (Å²) in [5.74, 6) is 11.5. The summed E-state index contributed by atoms with van der Waals surface area (Å²) >= 11 is 0. The van der Waals surface area contributed by atoms with Crippen molar-refractivity contribution in [1.29, 1.82) is 0 Å². The molecule has 0 heterocycles. The minimum Gasteiger partial charge on any atom is -0.112 e. The molecule has 0 aromatic rings. The Hall–Kier alpha value is -0.815. The van der Waals surface area contributed by atoms with Gasteiger partial charge in [-0.25, -0.2) is 0 Å². The maximum atomic E-state index is 2.93. The van der Waals surface area contributed by atoms with Gasteiger partial charge in [-0.05, 0) is 26.5 Å². The number of hydrogen-bond acceptors (Lipinski definition) is 0. The van der Waals surface area contributed by atoms with Crippen LogP contribution in [0.1, 0.15) is 13.8 Å². The molecule has 0 aliphatic carbocycles. The summed E-state index contributed by atoms with van der Waals surface area (Å²) in [6, 6.07) is 0. The van der Waals surface area contributed by atoms with Gasteiger partial charge >= 0.3 is 0 Å². The summed E-state index contributed by atoms with van der Waals surface area (Å²) in [6.45, 7) is 3.69. The molecule has 0 aromatic carbocycles. The minimum atomic E-state index is 0.866. The van der Waals surface area contributed by atoms with Crippen LogP contribution in [-0.4, -0.2) is 7.28 Å². The van der Waals surface area contributed by atoms with E-state index in [0.717, 1.165) is 12.6 Å². The Bertz CT molecular complexity index is 140. The first-order valence-electron chi connectivity index (χ1n) is 3.02. The highest BCUT2D eigenvalue weighted by atomic mass is 13.6. The summed E-state index contributed by atoms with van der Waals surface area (Å²) in [5.41, 5.74) is 0. The highest BCUT2D eigenvalue weighted by Gasteiger charge is 1.80. The van der Waals surface area contributed by atoms with Crippen LogP contribution in [0.4, 0.5) is 0 Å². The van der Waals surface area contributed by atoms with E-state index in [4.69, 9.17) is 0 Å². The number of hydrogen-bond donors (Lipinski definition) is 0. The molecule has 0 saturated carbocycles. The molecule has 0 bridgehead atoms. The molecule has 0 atom stereocenters. The van der Waals surface area contributed by atoms with Crippen LogP contribution in [0, 0.1) is 23.7 Å². The van der Waals surface area contributed by atoms with Crippen molar-refractivity contribution >= 4 is 7.28 Å². The molecule has 0 rings (SSSR count). The Morgan fingerprint density at radius 1 is 1.00 bits per heavy atom. The molecule has 0 fully saturated rings. The first-order valence-corrected chi connectivity index (χ1v) is 3.02.